The molecule has 0 fully saturated rings. The van der Waals surface area contributed by atoms with Gasteiger partial charge in [0.1, 0.15) is 0 Å². The Bertz CT molecular complexity index is 641. The highest BCUT2D eigenvalue weighted by atomic mass is 32.1. The second kappa shape index (κ2) is 9.15. The summed E-state index contributed by atoms with van der Waals surface area (Å²) in [6.07, 6.45) is 3.89. The largest absolute Gasteiger partial charge is 0.490 e. The van der Waals surface area contributed by atoms with E-state index >= 15 is 0 Å². The maximum atomic E-state index is 5.77. The van der Waals surface area contributed by atoms with E-state index in [4.69, 9.17) is 9.47 Å². The summed E-state index contributed by atoms with van der Waals surface area (Å²) in [7, 11) is 0. The van der Waals surface area contributed by atoms with Crippen LogP contribution in [0, 0.1) is 6.92 Å². The van der Waals surface area contributed by atoms with Crippen LogP contribution < -0.4 is 14.9 Å². The fourth-order valence-corrected chi connectivity index (χ4v) is 2.52. The van der Waals surface area contributed by atoms with Crippen molar-refractivity contribution in [1.82, 2.24) is 4.98 Å². The van der Waals surface area contributed by atoms with Crippen LogP contribution in [0.5, 0.6) is 11.5 Å². The Morgan fingerprint density at radius 1 is 1.26 bits per heavy atom. The lowest BCUT2D eigenvalue weighted by atomic mass is 10.2. The summed E-state index contributed by atoms with van der Waals surface area (Å²) in [6, 6.07) is 5.82. The Kier molecular flexibility index (Phi) is 6.87. The van der Waals surface area contributed by atoms with E-state index in [0.717, 1.165) is 40.7 Å². The Morgan fingerprint density at radius 3 is 2.83 bits per heavy atom. The summed E-state index contributed by atoms with van der Waals surface area (Å²) in [4.78, 5) is 4.29. The van der Waals surface area contributed by atoms with Crippen molar-refractivity contribution in [2.75, 3.05) is 18.6 Å². The SMILES string of the molecule is CCCCOc1ccc(C=NNc2nc(C)cs2)cc1OCC. The molecule has 1 aromatic carbocycles. The summed E-state index contributed by atoms with van der Waals surface area (Å²) < 4.78 is 11.4. The lowest BCUT2D eigenvalue weighted by Crippen LogP contribution is -2.01. The van der Waals surface area contributed by atoms with Gasteiger partial charge >= 0.3 is 0 Å². The van der Waals surface area contributed by atoms with Gasteiger partial charge in [-0.25, -0.2) is 4.98 Å². The molecule has 0 amide bonds. The van der Waals surface area contributed by atoms with E-state index in [-0.39, 0.29) is 0 Å². The molecule has 1 N–H and O–H groups in total. The number of unbranched alkanes of at least 4 members (excludes halogenated alkanes) is 1. The molecule has 1 aromatic heterocycles. The highest BCUT2D eigenvalue weighted by Gasteiger charge is 2.05. The minimum atomic E-state index is 0.599. The predicted octanol–water partition coefficient (Wildman–Crippen LogP) is 4.48. The lowest BCUT2D eigenvalue weighted by molar-refractivity contribution is 0.272. The van der Waals surface area contributed by atoms with E-state index in [1.54, 1.807) is 6.21 Å². The molecule has 2 rings (SSSR count). The van der Waals surface area contributed by atoms with Gasteiger partial charge in [-0.3, -0.25) is 5.43 Å². The van der Waals surface area contributed by atoms with Crippen molar-refractivity contribution in [2.24, 2.45) is 5.10 Å². The molecule has 2 aromatic rings. The maximum Gasteiger partial charge on any atom is 0.203 e. The van der Waals surface area contributed by atoms with Gasteiger partial charge in [0.15, 0.2) is 11.5 Å². The van der Waals surface area contributed by atoms with Crippen LogP contribution in [0.2, 0.25) is 0 Å². The molecular formula is C17H23N3O2S. The zero-order valence-corrected chi connectivity index (χ0v) is 14.7. The minimum Gasteiger partial charge on any atom is -0.490 e. The average Bonchev–Trinajstić information content (AvgIpc) is 2.95. The second-order valence-electron chi connectivity index (χ2n) is 5.01. The van der Waals surface area contributed by atoms with E-state index in [9.17, 15) is 0 Å². The molecule has 0 unspecified atom stereocenters. The number of aryl methyl sites for hydroxylation is 1. The second-order valence-corrected chi connectivity index (χ2v) is 5.86. The van der Waals surface area contributed by atoms with Crippen molar-refractivity contribution in [2.45, 2.75) is 33.6 Å². The van der Waals surface area contributed by atoms with Gasteiger partial charge in [-0.2, -0.15) is 5.10 Å². The normalized spacial score (nSPS) is 10.9. The molecule has 0 saturated heterocycles. The third-order valence-corrected chi connectivity index (χ3v) is 3.88. The molecule has 0 bridgehead atoms. The number of nitrogens with one attached hydrogen (secondary N) is 1. The van der Waals surface area contributed by atoms with Crippen LogP contribution in [-0.4, -0.2) is 24.4 Å². The quantitative estimate of drug-likeness (QED) is 0.418. The van der Waals surface area contributed by atoms with Crippen molar-refractivity contribution in [3.63, 3.8) is 0 Å². The Hall–Kier alpha value is -2.08. The van der Waals surface area contributed by atoms with E-state index in [1.807, 2.05) is 37.4 Å². The van der Waals surface area contributed by atoms with Gasteiger partial charge in [0.2, 0.25) is 5.13 Å². The molecule has 124 valence electrons. The van der Waals surface area contributed by atoms with E-state index < -0.39 is 0 Å². The number of benzene rings is 1. The fourth-order valence-electron chi connectivity index (χ4n) is 1.89. The molecule has 0 atom stereocenters. The molecule has 6 heteroatoms. The van der Waals surface area contributed by atoms with E-state index in [2.05, 4.69) is 22.4 Å². The van der Waals surface area contributed by atoms with Crippen LogP contribution in [0.25, 0.3) is 0 Å². The van der Waals surface area contributed by atoms with Crippen LogP contribution in [0.3, 0.4) is 0 Å². The van der Waals surface area contributed by atoms with E-state index in [1.165, 1.54) is 11.3 Å². The number of rotatable bonds is 9. The maximum absolute atomic E-state index is 5.77. The number of hydrazone groups is 1. The summed E-state index contributed by atoms with van der Waals surface area (Å²) in [5.74, 6) is 1.53. The average molecular weight is 333 g/mol. The molecule has 0 saturated carbocycles. The standard InChI is InChI=1S/C17H23N3O2S/c1-4-6-9-22-15-8-7-14(10-16(15)21-5-2)11-18-20-17-19-13(3)12-23-17/h7-8,10-12H,4-6,9H2,1-3H3,(H,19,20). The first kappa shape index (κ1) is 17.3. The van der Waals surface area contributed by atoms with Crippen molar-refractivity contribution in [1.29, 1.82) is 0 Å². The molecule has 0 aliphatic heterocycles. The highest BCUT2D eigenvalue weighted by Crippen LogP contribution is 2.28. The number of hydrogen-bond donors (Lipinski definition) is 1. The zero-order chi connectivity index (χ0) is 16.5. The van der Waals surface area contributed by atoms with Crippen LogP contribution in [0.15, 0.2) is 28.7 Å². The summed E-state index contributed by atoms with van der Waals surface area (Å²) in [6.45, 7) is 7.36. The van der Waals surface area contributed by atoms with Crippen molar-refractivity contribution in [3.05, 3.63) is 34.8 Å². The summed E-state index contributed by atoms with van der Waals surface area (Å²) >= 11 is 1.53. The third kappa shape index (κ3) is 5.56. The van der Waals surface area contributed by atoms with Gasteiger partial charge in [0, 0.05) is 5.38 Å². The first-order chi connectivity index (χ1) is 11.2. The number of nitrogens with zero attached hydrogens (tertiary/aromatic N) is 2. The Balaban J connectivity index is 2.02. The first-order valence-corrected chi connectivity index (χ1v) is 8.71. The van der Waals surface area contributed by atoms with Crippen molar-refractivity contribution >= 4 is 22.7 Å². The van der Waals surface area contributed by atoms with Gasteiger partial charge in [-0.05, 0) is 44.0 Å². The summed E-state index contributed by atoms with van der Waals surface area (Å²) in [5, 5.41) is 6.97. The van der Waals surface area contributed by atoms with Gasteiger partial charge in [-0.1, -0.05) is 13.3 Å². The van der Waals surface area contributed by atoms with Crippen LogP contribution in [-0.2, 0) is 0 Å². The molecule has 5 nitrogen and oxygen atoms in total. The zero-order valence-electron chi connectivity index (χ0n) is 13.8. The highest BCUT2D eigenvalue weighted by molar-refractivity contribution is 7.13. The fraction of sp³-hybridized carbons (Fsp3) is 0.412. The molecule has 0 radical (unpaired) electrons. The van der Waals surface area contributed by atoms with Gasteiger partial charge in [0.25, 0.3) is 0 Å². The Labute approximate surface area is 141 Å². The smallest absolute Gasteiger partial charge is 0.203 e. The monoisotopic (exact) mass is 333 g/mol. The molecule has 0 spiro atoms. The minimum absolute atomic E-state index is 0.599. The van der Waals surface area contributed by atoms with E-state index in [0.29, 0.717) is 13.2 Å². The number of ether oxygens (including phenoxy) is 2. The van der Waals surface area contributed by atoms with Crippen LogP contribution in [0.4, 0.5) is 5.13 Å². The first-order valence-electron chi connectivity index (χ1n) is 7.83. The van der Waals surface area contributed by atoms with Gasteiger partial charge in [-0.15, -0.1) is 11.3 Å². The molecule has 1 heterocycles. The van der Waals surface area contributed by atoms with Crippen molar-refractivity contribution < 1.29 is 9.47 Å². The topological polar surface area (TPSA) is 55.7 Å². The third-order valence-electron chi connectivity index (χ3n) is 3.02. The number of hydrogen-bond acceptors (Lipinski definition) is 6. The predicted molar refractivity (Wildman–Crippen MR) is 96.1 cm³/mol. The molecule has 23 heavy (non-hydrogen) atoms. The van der Waals surface area contributed by atoms with Gasteiger partial charge in [0.05, 0.1) is 25.1 Å². The molecular weight excluding hydrogens is 310 g/mol. The Morgan fingerprint density at radius 2 is 2.13 bits per heavy atom. The number of anilines is 1. The van der Waals surface area contributed by atoms with Crippen LogP contribution >= 0.6 is 11.3 Å². The lowest BCUT2D eigenvalue weighted by Gasteiger charge is -2.12. The van der Waals surface area contributed by atoms with Gasteiger partial charge < -0.3 is 9.47 Å². The molecule has 0 aliphatic rings. The molecule has 0 aliphatic carbocycles. The summed E-state index contributed by atoms with van der Waals surface area (Å²) in [5.41, 5.74) is 4.85. The number of thiazole rings is 1. The van der Waals surface area contributed by atoms with Crippen molar-refractivity contribution in [3.8, 4) is 11.5 Å². The number of aromatic nitrogens is 1. The van der Waals surface area contributed by atoms with Crippen LogP contribution in [0.1, 0.15) is 37.9 Å².